The van der Waals surface area contributed by atoms with Crippen LogP contribution in [0.5, 0.6) is 0 Å². The Morgan fingerprint density at radius 3 is 1.19 bits per heavy atom. The Bertz CT molecular complexity index is 6400. The lowest BCUT2D eigenvalue weighted by molar-refractivity contribution is -0.672. The fourth-order valence-electron chi connectivity index (χ4n) is 13.7. The van der Waals surface area contributed by atoms with E-state index in [2.05, 4.69) is 71.3 Å². The highest BCUT2D eigenvalue weighted by atomic mass is 35.5. The number of aliphatic hydroxyl groups is 3. The fraction of sp³-hybridized carbons (Fsp3) is 0.247. The number of aromatic nitrogens is 22. The summed E-state index contributed by atoms with van der Waals surface area (Å²) < 4.78 is 82.0. The zero-order valence-electron chi connectivity index (χ0n) is 72.0. The first kappa shape index (κ1) is 105. The zero-order valence-corrected chi connectivity index (χ0v) is 80.3. The molecule has 0 aliphatic carbocycles. The van der Waals surface area contributed by atoms with Gasteiger partial charge in [-0.3, -0.25) is 33.0 Å². The Labute approximate surface area is 830 Å². The molecule has 9 aromatic heterocycles. The van der Waals surface area contributed by atoms with E-state index in [9.17, 15) is 42.5 Å². The third kappa shape index (κ3) is 29.3. The quantitative estimate of drug-likeness (QED) is 0.00745. The number of epoxide rings is 2. The molecule has 5 atom stereocenters. The molecule has 2 saturated heterocycles. The molecule has 0 bridgehead atoms. The number of hydrogen-bond acceptors (Lipinski definition) is 20. The number of carbonyl (C=O) groups is 2. The van der Waals surface area contributed by atoms with E-state index >= 15 is 0 Å². The van der Waals surface area contributed by atoms with Crippen LogP contribution in [-0.2, 0) is 116 Å². The molecule has 7 aromatic carbocycles. The number of halogens is 15. The van der Waals surface area contributed by atoms with Gasteiger partial charge >= 0.3 is 0 Å². The maximum atomic E-state index is 14.3. The van der Waals surface area contributed by atoms with Crippen molar-refractivity contribution in [3.05, 3.63) is 392 Å². The van der Waals surface area contributed by atoms with E-state index in [1.54, 1.807) is 191 Å². The minimum Gasteiger partial charge on any atom is -1.00 e. The number of azide groups is 1. The number of aryl methyl sites for hydroxylation is 3. The van der Waals surface area contributed by atoms with Gasteiger partial charge in [0, 0.05) is 176 Å². The van der Waals surface area contributed by atoms with Gasteiger partial charge in [0.05, 0.1) is 94.1 Å². The van der Waals surface area contributed by atoms with Crippen molar-refractivity contribution in [3.63, 3.8) is 0 Å². The minimum atomic E-state index is -1.66. The Morgan fingerprint density at radius 2 is 0.838 bits per heavy atom. The summed E-state index contributed by atoms with van der Waals surface area (Å²) in [6, 6.07) is 40.3. The lowest BCUT2D eigenvalue weighted by Crippen LogP contribution is -3.00. The molecule has 11 heterocycles. The summed E-state index contributed by atoms with van der Waals surface area (Å²) in [6.45, 7) is 6.62. The lowest BCUT2D eigenvalue weighted by atomic mass is 9.93. The number of ketones is 2. The summed E-state index contributed by atoms with van der Waals surface area (Å²) in [5.41, 5.74) is 7.72. The van der Waals surface area contributed by atoms with Crippen molar-refractivity contribution in [1.82, 2.24) is 103 Å². The molecule has 5 unspecified atom stereocenters. The van der Waals surface area contributed by atoms with Gasteiger partial charge in [-0.1, -0.05) is 176 Å². The van der Waals surface area contributed by atoms with Crippen LogP contribution in [0, 0.1) is 23.3 Å². The van der Waals surface area contributed by atoms with Gasteiger partial charge < -0.3 is 37.2 Å². The predicted octanol–water partition coefficient (Wildman–Crippen LogP) is 14.8. The number of hydrogen-bond donors (Lipinski definition) is 3. The first-order chi connectivity index (χ1) is 64.7. The Balaban J connectivity index is 0.000000153. The average Bonchev–Trinajstić information content (AvgIpc) is 1.62. The summed E-state index contributed by atoms with van der Waals surface area (Å²) in [5.74, 6) is -3.24. The molecule has 2 aliphatic heterocycles. The van der Waals surface area contributed by atoms with Gasteiger partial charge in [-0.2, -0.15) is 30.6 Å². The van der Waals surface area contributed by atoms with Crippen LogP contribution in [0.25, 0.3) is 10.4 Å². The highest BCUT2D eigenvalue weighted by molar-refractivity contribution is 6.38. The summed E-state index contributed by atoms with van der Waals surface area (Å²) in [7, 11) is 1.84. The predicted molar refractivity (Wildman–Crippen MR) is 498 cm³/mol. The molecule has 32 nitrogen and oxygen atoms in total. The molecule has 710 valence electrons. The summed E-state index contributed by atoms with van der Waals surface area (Å²) in [4.78, 5) is 30.4. The summed E-state index contributed by atoms with van der Waals surface area (Å²) in [5, 5.41) is 85.8. The van der Waals surface area contributed by atoms with Gasteiger partial charge in [0.15, 0.2) is 12.3 Å². The average molecular weight is 2080 g/mol. The second-order valence-electron chi connectivity index (χ2n) is 30.5. The van der Waals surface area contributed by atoms with Crippen LogP contribution in [0.3, 0.4) is 0 Å². The molecule has 0 radical (unpaired) electrons. The van der Waals surface area contributed by atoms with Crippen molar-refractivity contribution >= 4 is 128 Å². The van der Waals surface area contributed by atoms with E-state index in [0.29, 0.717) is 106 Å². The molecule has 2 aliphatic rings. The van der Waals surface area contributed by atoms with Crippen LogP contribution < -0.4 is 17.0 Å². The van der Waals surface area contributed by atoms with Crippen LogP contribution in [0.1, 0.15) is 73.8 Å². The van der Waals surface area contributed by atoms with Crippen LogP contribution in [0.15, 0.2) is 263 Å². The molecular formula is C89H82Cl11F4N25O7. The largest absolute Gasteiger partial charge is 1.00 e. The van der Waals surface area contributed by atoms with Gasteiger partial charge in [-0.15, -0.1) is 14.9 Å². The van der Waals surface area contributed by atoms with E-state index in [1.165, 1.54) is 47.9 Å². The maximum Gasteiger partial charge on any atom is 0.264 e. The molecule has 0 saturated carbocycles. The van der Waals surface area contributed by atoms with Crippen LogP contribution in [0.4, 0.5) is 17.6 Å². The molecule has 3 N–H and O–H groups in total. The molecule has 18 rings (SSSR count). The van der Waals surface area contributed by atoms with Crippen LogP contribution in [0.2, 0.25) is 50.2 Å². The SMILES string of the molecule is CCc1cn(CC(O)(Cn2cccn2)c2ccc(F)cc2F)nn1.CCc1cn(CC(O)(Cn2cccn2)c2ccc(F)cc2F)nn1.C[n+]1cnn(CC(=O)c2ccc(Cl)cc2Cl)c1.Clc1ccc(C2(Cn3cccn3)CO2)c(Cl)c1.Clc1ccc(C2(Cn3cncn3)CO2)c(Cl)c1.O=C(Cn1cccn1)c1ccc(Cl)cc1Cl.[Cl-].[N-]=[N+]=NCC(O)(Cn1cccn1)c1ccc(Cl)cc1Cl. The Hall–Kier alpha value is -11.5. The van der Waals surface area contributed by atoms with E-state index < -0.39 is 40.1 Å². The number of rotatable bonds is 29. The minimum absolute atomic E-state index is 0. The smallest absolute Gasteiger partial charge is 0.264 e. The molecule has 16 aromatic rings. The normalized spacial score (nSPS) is 15.1. The second kappa shape index (κ2) is 48.5. The monoisotopic (exact) mass is 2070 g/mol. The maximum absolute atomic E-state index is 14.3. The van der Waals surface area contributed by atoms with Crippen molar-refractivity contribution in [2.45, 2.75) is 114 Å². The van der Waals surface area contributed by atoms with Crippen molar-refractivity contribution in [2.24, 2.45) is 12.2 Å². The van der Waals surface area contributed by atoms with Gasteiger partial charge in [0.2, 0.25) is 12.1 Å². The van der Waals surface area contributed by atoms with E-state index in [0.717, 1.165) is 46.8 Å². The number of benzene rings is 7. The highest BCUT2D eigenvalue weighted by Gasteiger charge is 2.50. The first-order valence-electron chi connectivity index (χ1n) is 40.7. The third-order valence-corrected chi connectivity index (χ3v) is 23.1. The molecule has 136 heavy (non-hydrogen) atoms. The number of nitrogens with zero attached hydrogens (tertiary/aromatic N) is 25. The van der Waals surface area contributed by atoms with E-state index in [4.69, 9.17) is 131 Å². The van der Waals surface area contributed by atoms with Gasteiger partial charge in [0.25, 0.3) is 6.33 Å². The number of carbonyl (C=O) groups excluding carboxylic acids is 2. The van der Waals surface area contributed by atoms with Crippen LogP contribution in [-0.4, -0.2) is 150 Å². The zero-order chi connectivity index (χ0) is 96.6. The molecule has 0 spiro atoms. The highest BCUT2D eigenvalue weighted by Crippen LogP contribution is 2.46. The van der Waals surface area contributed by atoms with E-state index in [1.807, 2.05) is 62.1 Å². The van der Waals surface area contributed by atoms with Gasteiger partial charge in [0.1, 0.15) is 70.5 Å². The van der Waals surface area contributed by atoms with Crippen LogP contribution >= 0.6 is 116 Å². The van der Waals surface area contributed by atoms with Crippen molar-refractivity contribution in [2.75, 3.05) is 19.8 Å². The van der Waals surface area contributed by atoms with Crippen molar-refractivity contribution in [3.8, 4) is 0 Å². The van der Waals surface area contributed by atoms with Crippen molar-refractivity contribution in [1.29, 1.82) is 0 Å². The molecule has 47 heteroatoms. The van der Waals surface area contributed by atoms with Crippen molar-refractivity contribution < 1.29 is 68.9 Å². The Morgan fingerprint density at radius 1 is 0.463 bits per heavy atom. The molecular weight excluding hydrogens is 2000 g/mol. The topological polar surface area (TPSA) is 372 Å². The Kier molecular flexibility index (Phi) is 37.4. The third-order valence-electron chi connectivity index (χ3n) is 20.4. The fourth-order valence-corrected chi connectivity index (χ4v) is 16.4. The standard InChI is InChI=1S/2C16H17F2N5O.C12H11Cl2N5O.C12H10Cl2N2O.C11H9Cl2N3O.C11H10Cl2N3O.C11H8Cl2N2O.ClH/c2*1-2-13-9-23(21-20-13)11-16(24,10-22-7-3-6-19-22)14-5-4-12(17)8-15(14)18;13-9-2-3-10(11(14)6-9)12(20,7-16-18-15)8-19-5-1-4-17-19;13-9-2-3-10(11(14)6-9)12(8-17-12)7-16-5-1-4-15-16;12-8-1-2-9(10(13)3-8)11(5-17-11)4-16-7-14-6-15-16;1-15-6-14-16(7-15)5-11(17)9-3-2-8(12)4-10(9)13;12-8-2-3-9(10(13)6-8)11(16)7-15-5-1-4-14-15;/h2*3-9,24H,2,10-11H2,1H3;1-6,20H,7-8H2;1-6H,7-8H2;1-3,6-7H,4-5H2;2-4,6-7H,5H2,1H3;1-6H,7H2;1H/q;;;;;+1;;/p-1. The summed E-state index contributed by atoms with van der Waals surface area (Å²) in [6.07, 6.45) is 28.0. The molecule has 2 fully saturated rings. The second-order valence-corrected chi connectivity index (χ2v) is 34.7. The lowest BCUT2D eigenvalue weighted by Gasteiger charge is -2.28. The first-order valence-corrected chi connectivity index (χ1v) is 44.5. The number of Topliss-reactive ketones (excluding diaryl/α,β-unsaturated/α-hetero) is 2. The summed E-state index contributed by atoms with van der Waals surface area (Å²) >= 11 is 59.5. The molecule has 0 amide bonds. The van der Waals surface area contributed by atoms with Gasteiger partial charge in [-0.25, -0.2) is 41.2 Å². The number of ether oxygens (including phenoxy) is 2. The van der Waals surface area contributed by atoms with E-state index in [-0.39, 0.29) is 98.7 Å². The van der Waals surface area contributed by atoms with Gasteiger partial charge in [-0.05, 0) is 134 Å².